The molecular weight excluding hydrogens is 414 g/mol. The van der Waals surface area contributed by atoms with Crippen molar-refractivity contribution in [3.63, 3.8) is 0 Å². The highest BCUT2D eigenvalue weighted by Gasteiger charge is 2.48. The van der Waals surface area contributed by atoms with Crippen molar-refractivity contribution < 1.29 is 14.3 Å². The number of aromatic nitrogens is 1. The van der Waals surface area contributed by atoms with Crippen LogP contribution in [0.2, 0.25) is 0 Å². The van der Waals surface area contributed by atoms with Crippen LogP contribution in [0.25, 0.3) is 10.9 Å². The summed E-state index contributed by atoms with van der Waals surface area (Å²) in [5.41, 5.74) is 1.72. The Hall–Kier alpha value is -3.28. The number of carbonyl (C=O) groups excluding carboxylic acids is 2. The second-order valence-electron chi connectivity index (χ2n) is 9.46. The van der Waals surface area contributed by atoms with Gasteiger partial charge in [-0.3, -0.25) is 9.59 Å². The first kappa shape index (κ1) is 21.6. The highest BCUT2D eigenvalue weighted by atomic mass is 16.5. The first-order valence-corrected chi connectivity index (χ1v) is 11.8. The summed E-state index contributed by atoms with van der Waals surface area (Å²) >= 11 is 0. The molecule has 1 aliphatic carbocycles. The molecule has 33 heavy (non-hydrogen) atoms. The number of amides is 2. The fraction of sp³-hybridized carbons (Fsp3) is 0.407. The molecule has 1 saturated carbocycles. The minimum absolute atomic E-state index is 0.0637. The number of carbonyl (C=O) groups is 2. The summed E-state index contributed by atoms with van der Waals surface area (Å²) in [6.45, 7) is 2.81. The summed E-state index contributed by atoms with van der Waals surface area (Å²) in [5, 5.41) is 4.24. The summed E-state index contributed by atoms with van der Waals surface area (Å²) in [5.74, 6) is 0.571. The van der Waals surface area contributed by atoms with Crippen LogP contribution in [-0.2, 0) is 17.8 Å². The lowest BCUT2D eigenvalue weighted by molar-refractivity contribution is -0.133. The molecule has 6 nitrogen and oxygen atoms in total. The van der Waals surface area contributed by atoms with Crippen LogP contribution in [0.4, 0.5) is 0 Å². The number of nitrogens with one attached hydrogen (secondary N) is 1. The molecule has 1 aromatic heterocycles. The van der Waals surface area contributed by atoms with Gasteiger partial charge in [-0.05, 0) is 49.9 Å². The van der Waals surface area contributed by atoms with Crippen LogP contribution in [0.15, 0.2) is 54.6 Å². The fourth-order valence-corrected chi connectivity index (χ4v) is 5.30. The van der Waals surface area contributed by atoms with Crippen LogP contribution >= 0.6 is 0 Å². The molecule has 0 radical (unpaired) electrons. The predicted octanol–water partition coefficient (Wildman–Crippen LogP) is 4.17. The van der Waals surface area contributed by atoms with Crippen molar-refractivity contribution in [2.45, 2.75) is 57.2 Å². The Morgan fingerprint density at radius 2 is 1.88 bits per heavy atom. The second kappa shape index (κ2) is 8.58. The van der Waals surface area contributed by atoms with E-state index in [1.165, 1.54) is 0 Å². The maximum Gasteiger partial charge on any atom is 0.271 e. The van der Waals surface area contributed by atoms with Crippen LogP contribution in [-0.4, -0.2) is 46.5 Å². The quantitative estimate of drug-likeness (QED) is 0.620. The SMILES string of the molecule is COc1ccc2cc3n(c2c1)CC(C)(C(=O)NC1CCCC1)N(CCc1ccccc1)C3=O. The largest absolute Gasteiger partial charge is 0.497 e. The van der Waals surface area contributed by atoms with E-state index in [-0.39, 0.29) is 17.9 Å². The van der Waals surface area contributed by atoms with Crippen LogP contribution in [0.1, 0.15) is 48.7 Å². The molecule has 0 bridgehead atoms. The van der Waals surface area contributed by atoms with Gasteiger partial charge in [-0.15, -0.1) is 0 Å². The van der Waals surface area contributed by atoms with Gasteiger partial charge in [-0.1, -0.05) is 43.2 Å². The number of benzene rings is 2. The molecular formula is C27H31N3O3. The monoisotopic (exact) mass is 445 g/mol. The molecule has 3 aromatic rings. The molecule has 172 valence electrons. The third-order valence-corrected chi connectivity index (χ3v) is 7.28. The van der Waals surface area contributed by atoms with E-state index in [0.717, 1.165) is 47.9 Å². The predicted molar refractivity (Wildman–Crippen MR) is 128 cm³/mol. The molecule has 2 aromatic carbocycles. The maximum absolute atomic E-state index is 13.8. The average Bonchev–Trinajstić information content (AvgIpc) is 3.47. The molecule has 6 heteroatoms. The number of hydrogen-bond acceptors (Lipinski definition) is 3. The highest BCUT2D eigenvalue weighted by Crippen LogP contribution is 2.34. The number of hydrogen-bond donors (Lipinski definition) is 1. The van der Waals surface area contributed by atoms with E-state index in [4.69, 9.17) is 4.74 Å². The van der Waals surface area contributed by atoms with Gasteiger partial charge in [-0.25, -0.2) is 0 Å². The Kier molecular flexibility index (Phi) is 5.60. The molecule has 1 unspecified atom stereocenters. The van der Waals surface area contributed by atoms with E-state index in [2.05, 4.69) is 17.4 Å². The lowest BCUT2D eigenvalue weighted by atomic mass is 9.93. The van der Waals surface area contributed by atoms with Crippen molar-refractivity contribution in [3.8, 4) is 5.75 Å². The fourth-order valence-electron chi connectivity index (χ4n) is 5.30. The van der Waals surface area contributed by atoms with Gasteiger partial charge in [0.15, 0.2) is 0 Å². The molecule has 1 N–H and O–H groups in total. The van der Waals surface area contributed by atoms with Crippen molar-refractivity contribution in [2.75, 3.05) is 13.7 Å². The molecule has 2 heterocycles. The van der Waals surface area contributed by atoms with Gasteiger partial charge < -0.3 is 19.5 Å². The van der Waals surface area contributed by atoms with Crippen molar-refractivity contribution >= 4 is 22.7 Å². The molecule has 0 saturated heterocycles. The summed E-state index contributed by atoms with van der Waals surface area (Å²) in [4.78, 5) is 29.3. The molecule has 2 aliphatic rings. The van der Waals surface area contributed by atoms with Gasteiger partial charge in [0, 0.05) is 24.0 Å². The van der Waals surface area contributed by atoms with Crippen LogP contribution < -0.4 is 10.1 Å². The van der Waals surface area contributed by atoms with E-state index < -0.39 is 5.54 Å². The van der Waals surface area contributed by atoms with Crippen molar-refractivity contribution in [1.29, 1.82) is 0 Å². The standard InChI is InChI=1S/C27H31N3O3/c1-27(26(32)28-21-10-6-7-11-21)18-29-23-17-22(33-2)13-12-20(23)16-24(29)25(31)30(27)15-14-19-8-4-3-5-9-19/h3-5,8-9,12-13,16-17,21H,6-7,10-11,14-15,18H2,1-2H3,(H,28,32). The van der Waals surface area contributed by atoms with Crippen molar-refractivity contribution in [3.05, 3.63) is 65.9 Å². The summed E-state index contributed by atoms with van der Waals surface area (Å²) in [6, 6.07) is 18.1. The Morgan fingerprint density at radius 1 is 1.12 bits per heavy atom. The van der Waals surface area contributed by atoms with Crippen LogP contribution in [0.5, 0.6) is 5.75 Å². The maximum atomic E-state index is 13.8. The third kappa shape index (κ3) is 3.88. The molecule has 1 aliphatic heterocycles. The van der Waals surface area contributed by atoms with Crippen LogP contribution in [0.3, 0.4) is 0 Å². The first-order chi connectivity index (χ1) is 16.0. The Bertz CT molecular complexity index is 1180. The zero-order valence-electron chi connectivity index (χ0n) is 19.3. The minimum atomic E-state index is -0.976. The van der Waals surface area contributed by atoms with Gasteiger partial charge in [0.05, 0.1) is 19.2 Å². The molecule has 0 spiro atoms. The van der Waals surface area contributed by atoms with E-state index in [9.17, 15) is 9.59 Å². The lowest BCUT2D eigenvalue weighted by Crippen LogP contribution is -2.65. The first-order valence-electron chi connectivity index (χ1n) is 11.8. The van der Waals surface area contributed by atoms with Gasteiger partial charge in [-0.2, -0.15) is 0 Å². The minimum Gasteiger partial charge on any atom is -0.497 e. The normalized spacial score (nSPS) is 20.8. The summed E-state index contributed by atoms with van der Waals surface area (Å²) in [6.07, 6.45) is 5.01. The zero-order chi connectivity index (χ0) is 23.0. The van der Waals surface area contributed by atoms with Gasteiger partial charge in [0.25, 0.3) is 5.91 Å². The van der Waals surface area contributed by atoms with E-state index in [1.54, 1.807) is 12.0 Å². The Balaban J connectivity index is 1.53. The van der Waals surface area contributed by atoms with Crippen molar-refractivity contribution in [1.82, 2.24) is 14.8 Å². The number of nitrogens with zero attached hydrogens (tertiary/aromatic N) is 2. The average molecular weight is 446 g/mol. The molecule has 1 fully saturated rings. The Labute approximate surface area is 194 Å². The van der Waals surface area contributed by atoms with E-state index in [0.29, 0.717) is 25.2 Å². The summed E-state index contributed by atoms with van der Waals surface area (Å²) < 4.78 is 7.41. The van der Waals surface area contributed by atoms with Gasteiger partial charge >= 0.3 is 0 Å². The lowest BCUT2D eigenvalue weighted by Gasteiger charge is -2.44. The zero-order valence-corrected chi connectivity index (χ0v) is 19.3. The topological polar surface area (TPSA) is 63.6 Å². The molecule has 5 rings (SSSR count). The van der Waals surface area contributed by atoms with E-state index in [1.807, 2.05) is 54.0 Å². The number of ether oxygens (including phenoxy) is 1. The van der Waals surface area contributed by atoms with Gasteiger partial charge in [0.2, 0.25) is 5.91 Å². The number of rotatable bonds is 6. The van der Waals surface area contributed by atoms with E-state index >= 15 is 0 Å². The van der Waals surface area contributed by atoms with Crippen LogP contribution in [0, 0.1) is 0 Å². The Morgan fingerprint density at radius 3 is 2.61 bits per heavy atom. The molecule has 2 amide bonds. The number of methoxy groups -OCH3 is 1. The van der Waals surface area contributed by atoms with Crippen molar-refractivity contribution in [2.24, 2.45) is 0 Å². The second-order valence-corrected chi connectivity index (χ2v) is 9.46. The number of fused-ring (bicyclic) bond motifs is 3. The highest BCUT2D eigenvalue weighted by molar-refractivity contribution is 6.03. The molecule has 1 atom stereocenters. The smallest absolute Gasteiger partial charge is 0.271 e. The summed E-state index contributed by atoms with van der Waals surface area (Å²) in [7, 11) is 1.64. The third-order valence-electron chi connectivity index (χ3n) is 7.28. The van der Waals surface area contributed by atoms with Gasteiger partial charge in [0.1, 0.15) is 17.0 Å².